The molecule has 0 aliphatic carbocycles. The molecule has 1 aromatic rings. The van der Waals surface area contributed by atoms with Crippen molar-refractivity contribution in [1.29, 1.82) is 0 Å². The van der Waals surface area contributed by atoms with E-state index in [1.54, 1.807) is 24.0 Å². The predicted octanol–water partition coefficient (Wildman–Crippen LogP) is 2.24. The number of aliphatic imine (C=N–C) groups is 1. The van der Waals surface area contributed by atoms with Gasteiger partial charge in [-0.25, -0.2) is 0 Å². The molecule has 3 nitrogen and oxygen atoms in total. The highest BCUT2D eigenvalue weighted by molar-refractivity contribution is 9.10. The first kappa shape index (κ1) is 15.2. The second-order valence-electron chi connectivity index (χ2n) is 3.79. The molecule has 1 N–H and O–H groups in total. The molecule has 0 aliphatic rings. The third-order valence-electron chi connectivity index (χ3n) is 2.38. The van der Waals surface area contributed by atoms with Gasteiger partial charge in [0.15, 0.2) is 0 Å². The van der Waals surface area contributed by atoms with Gasteiger partial charge in [-0.15, -0.1) is 11.8 Å². The van der Waals surface area contributed by atoms with Crippen molar-refractivity contribution in [1.82, 2.24) is 4.98 Å². The second-order valence-corrected chi connectivity index (χ2v) is 5.64. The lowest BCUT2D eigenvalue weighted by Gasteiger charge is -1.94. The minimum absolute atomic E-state index is 0.111. The van der Waals surface area contributed by atoms with Gasteiger partial charge in [-0.05, 0) is 41.6 Å². The number of rotatable bonds is 3. The lowest BCUT2D eigenvalue weighted by atomic mass is 10.2. The molecule has 1 aromatic heterocycles. The molecule has 98 valence electrons. The first-order valence-electron chi connectivity index (χ1n) is 5.76. The van der Waals surface area contributed by atoms with Crippen LogP contribution in [0.4, 0.5) is 0 Å². The van der Waals surface area contributed by atoms with Crippen LogP contribution in [0.1, 0.15) is 26.7 Å². The average molecular weight is 329 g/mol. The second kappa shape index (κ2) is 7.59. The molecule has 0 amide bonds. The molecule has 0 fully saturated rings. The summed E-state index contributed by atoms with van der Waals surface area (Å²) in [4.78, 5) is 18.8. The van der Waals surface area contributed by atoms with E-state index in [1.165, 1.54) is 0 Å². The summed E-state index contributed by atoms with van der Waals surface area (Å²) in [5.41, 5.74) is -0.111. The number of halogens is 1. The summed E-state index contributed by atoms with van der Waals surface area (Å²) in [7, 11) is 0. The molecule has 0 unspecified atom stereocenters. The molecule has 0 aliphatic heterocycles. The molecule has 0 spiro atoms. The van der Waals surface area contributed by atoms with Crippen molar-refractivity contribution < 1.29 is 0 Å². The predicted molar refractivity (Wildman–Crippen MR) is 84.5 cm³/mol. The van der Waals surface area contributed by atoms with Crippen LogP contribution in [0.15, 0.2) is 20.3 Å². The lowest BCUT2D eigenvalue weighted by Crippen LogP contribution is -2.34. The molecule has 0 aromatic carbocycles. The number of hydrogen-bond donors (Lipinski definition) is 1. The van der Waals surface area contributed by atoms with Gasteiger partial charge in [0, 0.05) is 16.8 Å². The zero-order chi connectivity index (χ0) is 13.5. The quantitative estimate of drug-likeness (QED) is 0.683. The Morgan fingerprint density at radius 3 is 2.94 bits per heavy atom. The van der Waals surface area contributed by atoms with Crippen LogP contribution in [0.25, 0.3) is 12.3 Å². The van der Waals surface area contributed by atoms with Crippen molar-refractivity contribution in [3.05, 3.63) is 31.5 Å². The molecule has 5 heteroatoms. The van der Waals surface area contributed by atoms with Gasteiger partial charge in [-0.3, -0.25) is 9.79 Å². The normalized spacial score (nSPS) is 14.3. The van der Waals surface area contributed by atoms with E-state index < -0.39 is 0 Å². The van der Waals surface area contributed by atoms with Crippen molar-refractivity contribution in [2.45, 2.75) is 26.7 Å². The molecule has 1 rings (SSSR count). The topological polar surface area (TPSA) is 45.2 Å². The molecule has 0 bridgehead atoms. The van der Waals surface area contributed by atoms with Gasteiger partial charge in [0.25, 0.3) is 5.56 Å². The number of hydrogen-bond acceptors (Lipinski definition) is 3. The summed E-state index contributed by atoms with van der Waals surface area (Å²) < 4.78 is 0.527. The summed E-state index contributed by atoms with van der Waals surface area (Å²) in [5.74, 6) is 0. The number of thioether (sulfide) groups is 1. The Labute approximate surface area is 119 Å². The summed E-state index contributed by atoms with van der Waals surface area (Å²) in [6, 6.07) is 1.80. The molecule has 0 atom stereocenters. The van der Waals surface area contributed by atoms with Gasteiger partial charge in [0.2, 0.25) is 0 Å². The van der Waals surface area contributed by atoms with E-state index in [2.05, 4.69) is 32.8 Å². The number of unbranched alkanes of at least 4 members (excludes halogenated alkanes) is 1. The molecule has 1 heterocycles. The smallest absolute Gasteiger partial charge is 0.262 e. The number of H-pyrrole nitrogens is 1. The summed E-state index contributed by atoms with van der Waals surface area (Å²) in [5, 5.41) is 2.74. The van der Waals surface area contributed by atoms with Gasteiger partial charge in [-0.1, -0.05) is 19.4 Å². The average Bonchev–Trinajstić information content (AvgIpc) is 2.37. The maximum absolute atomic E-state index is 11.6. The molecule has 0 saturated carbocycles. The van der Waals surface area contributed by atoms with Crippen molar-refractivity contribution in [3.8, 4) is 0 Å². The molecular weight excluding hydrogens is 312 g/mol. The van der Waals surface area contributed by atoms with Gasteiger partial charge in [0.05, 0.1) is 9.52 Å². The van der Waals surface area contributed by atoms with Gasteiger partial charge >= 0.3 is 0 Å². The Hall–Kier alpha value is -0.810. The highest BCUT2D eigenvalue weighted by atomic mass is 79.9. The molecular formula is C13H17BrN2OS. The van der Waals surface area contributed by atoms with Crippen LogP contribution in [-0.4, -0.2) is 16.3 Å². The van der Waals surface area contributed by atoms with Crippen LogP contribution in [0.3, 0.4) is 0 Å². The van der Waals surface area contributed by atoms with Crippen molar-refractivity contribution in [2.24, 2.45) is 4.99 Å². The standard InChI is InChI=1S/C13H17BrN2OS/c1-4-5-6-12-10(8-15-9(2)18-3)7-11(14)13(17)16-12/h6-8H,4-5H2,1-3H3,(H,16,17)/b10-8-,12-6-,15-9?. The number of aromatic nitrogens is 1. The third-order valence-corrected chi connectivity index (χ3v) is 3.66. The van der Waals surface area contributed by atoms with E-state index in [9.17, 15) is 4.79 Å². The maximum atomic E-state index is 11.6. The Morgan fingerprint density at radius 1 is 1.61 bits per heavy atom. The van der Waals surface area contributed by atoms with Crippen LogP contribution in [0.2, 0.25) is 0 Å². The number of nitrogens with one attached hydrogen (secondary N) is 1. The first-order chi connectivity index (χ1) is 8.58. The number of aromatic amines is 1. The van der Waals surface area contributed by atoms with Crippen molar-refractivity contribution in [2.75, 3.05) is 6.26 Å². The van der Waals surface area contributed by atoms with Crippen LogP contribution in [0.5, 0.6) is 0 Å². The minimum Gasteiger partial charge on any atom is -0.321 e. The Kier molecular flexibility index (Phi) is 6.43. The molecule has 0 radical (unpaired) electrons. The lowest BCUT2D eigenvalue weighted by molar-refractivity contribution is 0.981. The van der Waals surface area contributed by atoms with E-state index in [-0.39, 0.29) is 5.56 Å². The van der Waals surface area contributed by atoms with Crippen LogP contribution in [0, 0.1) is 0 Å². The van der Waals surface area contributed by atoms with Crippen LogP contribution >= 0.6 is 27.7 Å². The zero-order valence-electron chi connectivity index (χ0n) is 10.8. The Balaban J connectivity index is 3.42. The van der Waals surface area contributed by atoms with E-state index in [0.29, 0.717) is 4.47 Å². The number of pyridine rings is 1. The fourth-order valence-electron chi connectivity index (χ4n) is 1.31. The van der Waals surface area contributed by atoms with Gasteiger partial charge in [0.1, 0.15) is 0 Å². The monoisotopic (exact) mass is 328 g/mol. The fourth-order valence-corrected chi connectivity index (χ4v) is 1.82. The zero-order valence-corrected chi connectivity index (χ0v) is 13.2. The van der Waals surface area contributed by atoms with Crippen molar-refractivity contribution in [3.63, 3.8) is 0 Å². The fraction of sp³-hybridized carbons (Fsp3) is 0.385. The van der Waals surface area contributed by atoms with E-state index in [1.807, 2.05) is 19.3 Å². The highest BCUT2D eigenvalue weighted by Crippen LogP contribution is 1.97. The van der Waals surface area contributed by atoms with Crippen molar-refractivity contribution >= 4 is 45.0 Å². The third kappa shape index (κ3) is 4.46. The summed E-state index contributed by atoms with van der Waals surface area (Å²) >= 11 is 4.84. The Bertz CT molecular complexity index is 604. The van der Waals surface area contributed by atoms with E-state index in [0.717, 1.165) is 28.5 Å². The van der Waals surface area contributed by atoms with Crippen LogP contribution in [-0.2, 0) is 0 Å². The maximum Gasteiger partial charge on any atom is 0.262 e. The SMILES string of the molecule is CCC/C=c1\[nH]c(=O)c(Br)c\c1=C\N=C(C)SC. The Morgan fingerprint density at radius 2 is 2.33 bits per heavy atom. The van der Waals surface area contributed by atoms with E-state index in [4.69, 9.17) is 0 Å². The summed E-state index contributed by atoms with van der Waals surface area (Å²) in [6.45, 7) is 4.06. The molecule has 18 heavy (non-hydrogen) atoms. The number of nitrogens with zero attached hydrogens (tertiary/aromatic N) is 1. The first-order valence-corrected chi connectivity index (χ1v) is 7.78. The largest absolute Gasteiger partial charge is 0.321 e. The van der Waals surface area contributed by atoms with Gasteiger partial charge < -0.3 is 4.98 Å². The van der Waals surface area contributed by atoms with E-state index >= 15 is 0 Å². The summed E-state index contributed by atoms with van der Waals surface area (Å²) in [6.07, 6.45) is 7.78. The molecule has 0 saturated heterocycles. The van der Waals surface area contributed by atoms with Gasteiger partial charge in [-0.2, -0.15) is 0 Å². The highest BCUT2D eigenvalue weighted by Gasteiger charge is 1.95. The van der Waals surface area contributed by atoms with Crippen LogP contribution < -0.4 is 16.1 Å². The minimum atomic E-state index is -0.111.